The number of ether oxygens (including phenoxy) is 1. The van der Waals surface area contributed by atoms with Crippen molar-refractivity contribution in [3.05, 3.63) is 35.9 Å². The molecule has 0 aromatic heterocycles. The number of amides is 1. The van der Waals surface area contributed by atoms with Crippen LogP contribution in [0.25, 0.3) is 0 Å². The summed E-state index contributed by atoms with van der Waals surface area (Å²) < 4.78 is 41.1. The number of hydrogen-bond acceptors (Lipinski definition) is 4. The summed E-state index contributed by atoms with van der Waals surface area (Å²) in [6, 6.07) is 6.83. The first-order valence-corrected chi connectivity index (χ1v) is 6.95. The summed E-state index contributed by atoms with van der Waals surface area (Å²) in [6.45, 7) is 0.00108. The molecule has 1 amide bonds. The standard InChI is InChI=1S/C15H19F3N2O3/c1-10(19-9-15(16,17)18)13(21)20-12(14(22)23-2)8-11-6-4-3-5-7-11/h3-7,10,12,19H,8-9H2,1-2H3,(H,20,21). The fourth-order valence-electron chi connectivity index (χ4n) is 1.84. The van der Waals surface area contributed by atoms with E-state index in [2.05, 4.69) is 15.4 Å². The normalized spacial score (nSPS) is 14.0. The molecule has 0 fully saturated rings. The highest BCUT2D eigenvalue weighted by molar-refractivity contribution is 5.87. The number of rotatable bonds is 7. The maximum Gasteiger partial charge on any atom is 0.401 e. The van der Waals surface area contributed by atoms with Crippen LogP contribution in [0.4, 0.5) is 13.2 Å². The molecule has 0 aliphatic heterocycles. The lowest BCUT2D eigenvalue weighted by Crippen LogP contribution is -2.51. The number of carbonyl (C=O) groups excluding carboxylic acids is 2. The topological polar surface area (TPSA) is 67.4 Å². The molecule has 0 aliphatic rings. The molecule has 2 N–H and O–H groups in total. The van der Waals surface area contributed by atoms with E-state index in [-0.39, 0.29) is 6.42 Å². The molecular weight excluding hydrogens is 313 g/mol. The van der Waals surface area contributed by atoms with Crippen LogP contribution in [-0.4, -0.2) is 43.8 Å². The monoisotopic (exact) mass is 332 g/mol. The molecule has 2 atom stereocenters. The maximum absolute atomic E-state index is 12.1. The molecule has 23 heavy (non-hydrogen) atoms. The Morgan fingerprint density at radius 3 is 2.35 bits per heavy atom. The first-order valence-electron chi connectivity index (χ1n) is 6.95. The highest BCUT2D eigenvalue weighted by Crippen LogP contribution is 2.12. The van der Waals surface area contributed by atoms with Crippen LogP contribution in [0.15, 0.2) is 30.3 Å². The summed E-state index contributed by atoms with van der Waals surface area (Å²) in [5.41, 5.74) is 0.791. The molecule has 0 bridgehead atoms. The highest BCUT2D eigenvalue weighted by atomic mass is 19.4. The van der Waals surface area contributed by atoms with Gasteiger partial charge in [0.1, 0.15) is 6.04 Å². The lowest BCUT2D eigenvalue weighted by atomic mass is 10.1. The first-order chi connectivity index (χ1) is 10.7. The second-order valence-corrected chi connectivity index (χ2v) is 4.99. The van der Waals surface area contributed by atoms with Crippen LogP contribution < -0.4 is 10.6 Å². The van der Waals surface area contributed by atoms with Crippen molar-refractivity contribution >= 4 is 11.9 Å². The molecule has 0 heterocycles. The van der Waals surface area contributed by atoms with Gasteiger partial charge in [-0.05, 0) is 12.5 Å². The van der Waals surface area contributed by atoms with Gasteiger partial charge in [-0.3, -0.25) is 10.1 Å². The number of esters is 1. The van der Waals surface area contributed by atoms with Crippen molar-refractivity contribution in [3.63, 3.8) is 0 Å². The van der Waals surface area contributed by atoms with Gasteiger partial charge in [0.25, 0.3) is 0 Å². The fraction of sp³-hybridized carbons (Fsp3) is 0.467. The van der Waals surface area contributed by atoms with E-state index in [0.29, 0.717) is 0 Å². The Bertz CT molecular complexity index is 520. The molecule has 0 saturated carbocycles. The molecule has 0 aliphatic carbocycles. The molecule has 128 valence electrons. The Hall–Kier alpha value is -2.09. The Labute approximate surface area is 132 Å². The van der Waals surface area contributed by atoms with Crippen molar-refractivity contribution in [1.29, 1.82) is 0 Å². The van der Waals surface area contributed by atoms with Crippen LogP contribution >= 0.6 is 0 Å². The van der Waals surface area contributed by atoms with E-state index in [1.165, 1.54) is 14.0 Å². The third-order valence-electron chi connectivity index (χ3n) is 3.09. The molecular formula is C15H19F3N2O3. The van der Waals surface area contributed by atoms with Gasteiger partial charge in [0.15, 0.2) is 0 Å². The number of alkyl halides is 3. The lowest BCUT2D eigenvalue weighted by molar-refractivity contribution is -0.145. The van der Waals surface area contributed by atoms with E-state index in [9.17, 15) is 22.8 Å². The molecule has 8 heteroatoms. The second-order valence-electron chi connectivity index (χ2n) is 4.99. The number of hydrogen-bond donors (Lipinski definition) is 2. The van der Waals surface area contributed by atoms with Gasteiger partial charge in [0.05, 0.1) is 19.7 Å². The average molecular weight is 332 g/mol. The van der Waals surface area contributed by atoms with E-state index in [0.717, 1.165) is 5.56 Å². The quantitative estimate of drug-likeness (QED) is 0.741. The summed E-state index contributed by atoms with van der Waals surface area (Å²) in [4.78, 5) is 23.7. The van der Waals surface area contributed by atoms with Crippen LogP contribution in [0.1, 0.15) is 12.5 Å². The third kappa shape index (κ3) is 7.14. The predicted octanol–water partition coefficient (Wildman–Crippen LogP) is 1.43. The second kappa shape index (κ2) is 8.52. The zero-order chi connectivity index (χ0) is 17.5. The third-order valence-corrected chi connectivity index (χ3v) is 3.09. The molecule has 0 saturated heterocycles. The molecule has 5 nitrogen and oxygen atoms in total. The van der Waals surface area contributed by atoms with Crippen molar-refractivity contribution in [3.8, 4) is 0 Å². The number of methoxy groups -OCH3 is 1. The van der Waals surface area contributed by atoms with Crippen molar-refractivity contribution in [2.24, 2.45) is 0 Å². The Kier molecular flexibility index (Phi) is 7.02. The van der Waals surface area contributed by atoms with Crippen molar-refractivity contribution < 1.29 is 27.5 Å². The molecule has 1 aromatic rings. The number of halogens is 3. The zero-order valence-corrected chi connectivity index (χ0v) is 12.8. The Balaban J connectivity index is 2.66. The number of carbonyl (C=O) groups is 2. The van der Waals surface area contributed by atoms with Gasteiger partial charge in [0, 0.05) is 6.42 Å². The summed E-state index contributed by atoms with van der Waals surface area (Å²) in [5.74, 6) is -1.37. The average Bonchev–Trinajstić information content (AvgIpc) is 2.51. The largest absolute Gasteiger partial charge is 0.467 e. The summed E-state index contributed by atoms with van der Waals surface area (Å²) in [7, 11) is 1.18. The molecule has 0 spiro atoms. The minimum absolute atomic E-state index is 0.186. The van der Waals surface area contributed by atoms with Gasteiger partial charge in [0.2, 0.25) is 5.91 Å². The van der Waals surface area contributed by atoms with Gasteiger partial charge in [-0.1, -0.05) is 30.3 Å². The Morgan fingerprint density at radius 1 is 1.22 bits per heavy atom. The minimum Gasteiger partial charge on any atom is -0.467 e. The van der Waals surface area contributed by atoms with Crippen LogP contribution in [0, 0.1) is 0 Å². The van der Waals surface area contributed by atoms with Gasteiger partial charge in [-0.15, -0.1) is 0 Å². The number of benzene rings is 1. The molecule has 0 radical (unpaired) electrons. The van der Waals surface area contributed by atoms with E-state index < -0.39 is 36.7 Å². The minimum atomic E-state index is -4.42. The summed E-state index contributed by atoms with van der Waals surface area (Å²) in [6.07, 6.45) is -4.23. The highest BCUT2D eigenvalue weighted by Gasteiger charge is 2.30. The maximum atomic E-state index is 12.1. The smallest absolute Gasteiger partial charge is 0.401 e. The van der Waals surface area contributed by atoms with Gasteiger partial charge in [-0.25, -0.2) is 4.79 Å². The van der Waals surface area contributed by atoms with Crippen LogP contribution in [0.3, 0.4) is 0 Å². The molecule has 1 rings (SSSR count). The van der Waals surface area contributed by atoms with Crippen molar-refractivity contribution in [2.45, 2.75) is 31.6 Å². The molecule has 2 unspecified atom stereocenters. The fourth-order valence-corrected chi connectivity index (χ4v) is 1.84. The van der Waals surface area contributed by atoms with Crippen LogP contribution in [-0.2, 0) is 20.7 Å². The van der Waals surface area contributed by atoms with E-state index in [4.69, 9.17) is 0 Å². The van der Waals surface area contributed by atoms with Crippen molar-refractivity contribution in [1.82, 2.24) is 10.6 Å². The van der Waals surface area contributed by atoms with Crippen LogP contribution in [0.5, 0.6) is 0 Å². The SMILES string of the molecule is COC(=O)C(Cc1ccccc1)NC(=O)C(C)NCC(F)(F)F. The van der Waals surface area contributed by atoms with Gasteiger partial charge in [-0.2, -0.15) is 13.2 Å². The first kappa shape index (κ1) is 19.0. The number of nitrogens with one attached hydrogen (secondary N) is 2. The zero-order valence-electron chi connectivity index (χ0n) is 12.8. The van der Waals surface area contributed by atoms with Gasteiger partial charge < -0.3 is 10.1 Å². The van der Waals surface area contributed by atoms with E-state index in [1.54, 1.807) is 30.3 Å². The van der Waals surface area contributed by atoms with Gasteiger partial charge >= 0.3 is 12.1 Å². The molecule has 1 aromatic carbocycles. The summed E-state index contributed by atoms with van der Waals surface area (Å²) >= 11 is 0. The predicted molar refractivity (Wildman–Crippen MR) is 77.6 cm³/mol. The van der Waals surface area contributed by atoms with Crippen molar-refractivity contribution in [2.75, 3.05) is 13.7 Å². The van der Waals surface area contributed by atoms with E-state index >= 15 is 0 Å². The summed E-state index contributed by atoms with van der Waals surface area (Å²) in [5, 5.41) is 4.47. The lowest BCUT2D eigenvalue weighted by Gasteiger charge is -2.20. The van der Waals surface area contributed by atoms with Crippen LogP contribution in [0.2, 0.25) is 0 Å². The van der Waals surface area contributed by atoms with E-state index in [1.807, 2.05) is 0 Å². The Morgan fingerprint density at radius 2 is 1.83 bits per heavy atom.